The molecule has 0 amide bonds. The third-order valence-corrected chi connectivity index (χ3v) is 3.30. The van der Waals surface area contributed by atoms with Gasteiger partial charge in [-0.2, -0.15) is 0 Å². The summed E-state index contributed by atoms with van der Waals surface area (Å²) in [6, 6.07) is 12.5. The van der Waals surface area contributed by atoms with Crippen LogP contribution in [0.1, 0.15) is 22.1 Å². The van der Waals surface area contributed by atoms with Crippen molar-refractivity contribution in [2.24, 2.45) is 0 Å². The van der Waals surface area contributed by atoms with E-state index in [-0.39, 0.29) is 5.82 Å². The van der Waals surface area contributed by atoms with E-state index in [4.69, 9.17) is 16.3 Å². The molecule has 0 bridgehead atoms. The summed E-state index contributed by atoms with van der Waals surface area (Å²) in [6.07, 6.45) is 0. The molecule has 1 atom stereocenters. The highest BCUT2D eigenvalue weighted by Crippen LogP contribution is 2.32. The first-order valence-corrected chi connectivity index (χ1v) is 6.09. The Labute approximate surface area is 111 Å². The standard InChI is InChI=1S/C15H14ClFO/c1-10-4-3-5-11(8-10)15(16)13-7-6-12(18-2)9-14(13)17/h3-9,15H,1-2H3. The fourth-order valence-corrected chi connectivity index (χ4v) is 2.16. The number of alkyl halides is 1. The summed E-state index contributed by atoms with van der Waals surface area (Å²) in [6.45, 7) is 1.98. The van der Waals surface area contributed by atoms with Crippen LogP contribution in [0.3, 0.4) is 0 Å². The lowest BCUT2D eigenvalue weighted by molar-refractivity contribution is 0.410. The van der Waals surface area contributed by atoms with E-state index in [1.54, 1.807) is 12.1 Å². The Morgan fingerprint density at radius 1 is 1.17 bits per heavy atom. The summed E-state index contributed by atoms with van der Waals surface area (Å²) in [4.78, 5) is 0. The maximum Gasteiger partial charge on any atom is 0.131 e. The van der Waals surface area contributed by atoms with Gasteiger partial charge < -0.3 is 4.74 Å². The Balaban J connectivity index is 2.37. The predicted octanol–water partition coefficient (Wildman–Crippen LogP) is 4.47. The third-order valence-electron chi connectivity index (χ3n) is 2.82. The number of hydrogen-bond acceptors (Lipinski definition) is 1. The highest BCUT2D eigenvalue weighted by Gasteiger charge is 2.15. The zero-order chi connectivity index (χ0) is 13.1. The Bertz CT molecular complexity index is 554. The molecular formula is C15H14ClFO. The van der Waals surface area contributed by atoms with E-state index in [0.717, 1.165) is 11.1 Å². The van der Waals surface area contributed by atoms with Gasteiger partial charge in [-0.05, 0) is 18.6 Å². The van der Waals surface area contributed by atoms with Crippen LogP contribution in [0.4, 0.5) is 4.39 Å². The number of rotatable bonds is 3. The minimum absolute atomic E-state index is 0.351. The van der Waals surface area contributed by atoms with Crippen LogP contribution in [-0.4, -0.2) is 7.11 Å². The zero-order valence-electron chi connectivity index (χ0n) is 10.3. The molecule has 18 heavy (non-hydrogen) atoms. The predicted molar refractivity (Wildman–Crippen MR) is 71.8 cm³/mol. The van der Waals surface area contributed by atoms with Crippen LogP contribution >= 0.6 is 11.6 Å². The molecule has 0 fully saturated rings. The molecule has 0 N–H and O–H groups in total. The molecule has 1 nitrogen and oxygen atoms in total. The van der Waals surface area contributed by atoms with E-state index in [9.17, 15) is 4.39 Å². The molecule has 3 heteroatoms. The first-order chi connectivity index (χ1) is 8.61. The summed E-state index contributed by atoms with van der Waals surface area (Å²) >= 11 is 6.32. The van der Waals surface area contributed by atoms with E-state index >= 15 is 0 Å². The Morgan fingerprint density at radius 2 is 1.94 bits per heavy atom. The molecule has 1 unspecified atom stereocenters. The van der Waals surface area contributed by atoms with Gasteiger partial charge in [0.15, 0.2) is 0 Å². The first kappa shape index (κ1) is 12.9. The van der Waals surface area contributed by atoms with Gasteiger partial charge in [0.05, 0.1) is 12.5 Å². The van der Waals surface area contributed by atoms with Gasteiger partial charge in [-0.1, -0.05) is 35.9 Å². The lowest BCUT2D eigenvalue weighted by Crippen LogP contribution is -1.98. The highest BCUT2D eigenvalue weighted by atomic mass is 35.5. The largest absolute Gasteiger partial charge is 0.497 e. The van der Waals surface area contributed by atoms with E-state index < -0.39 is 5.38 Å². The number of ether oxygens (including phenoxy) is 1. The van der Waals surface area contributed by atoms with Gasteiger partial charge in [-0.25, -0.2) is 4.39 Å². The molecule has 2 rings (SSSR count). The van der Waals surface area contributed by atoms with E-state index in [2.05, 4.69) is 0 Å². The number of benzene rings is 2. The molecule has 0 heterocycles. The lowest BCUT2D eigenvalue weighted by Gasteiger charge is -2.13. The van der Waals surface area contributed by atoms with Crippen molar-refractivity contribution in [2.45, 2.75) is 12.3 Å². The van der Waals surface area contributed by atoms with Crippen molar-refractivity contribution in [1.29, 1.82) is 0 Å². The normalized spacial score (nSPS) is 12.2. The summed E-state index contributed by atoms with van der Waals surface area (Å²) in [5.74, 6) is 0.139. The van der Waals surface area contributed by atoms with Crippen molar-refractivity contribution in [2.75, 3.05) is 7.11 Å². The number of methoxy groups -OCH3 is 1. The summed E-state index contributed by atoms with van der Waals surface area (Å²) in [7, 11) is 1.51. The molecule has 2 aromatic carbocycles. The van der Waals surface area contributed by atoms with Crippen LogP contribution in [0.5, 0.6) is 5.75 Å². The fourth-order valence-electron chi connectivity index (χ4n) is 1.85. The van der Waals surface area contributed by atoms with Gasteiger partial charge in [0.2, 0.25) is 0 Å². The Morgan fingerprint density at radius 3 is 2.56 bits per heavy atom. The lowest BCUT2D eigenvalue weighted by atomic mass is 10.0. The van der Waals surface area contributed by atoms with Crippen molar-refractivity contribution in [3.05, 3.63) is 65.0 Å². The Kier molecular flexibility index (Phi) is 3.87. The summed E-state index contributed by atoms with van der Waals surface area (Å²) in [5.41, 5.74) is 2.45. The fraction of sp³-hybridized carbons (Fsp3) is 0.200. The number of hydrogen-bond donors (Lipinski definition) is 0. The minimum Gasteiger partial charge on any atom is -0.497 e. The van der Waals surface area contributed by atoms with E-state index in [0.29, 0.717) is 11.3 Å². The first-order valence-electron chi connectivity index (χ1n) is 5.66. The molecular weight excluding hydrogens is 251 g/mol. The van der Waals surface area contributed by atoms with Gasteiger partial charge >= 0.3 is 0 Å². The molecule has 2 aromatic rings. The van der Waals surface area contributed by atoms with E-state index in [1.807, 2.05) is 31.2 Å². The topological polar surface area (TPSA) is 9.23 Å². The summed E-state index contributed by atoms with van der Waals surface area (Å²) < 4.78 is 18.9. The molecule has 0 radical (unpaired) electrons. The van der Waals surface area contributed by atoms with Gasteiger partial charge in [0.1, 0.15) is 11.6 Å². The quantitative estimate of drug-likeness (QED) is 0.743. The second kappa shape index (κ2) is 5.40. The Hall–Kier alpha value is -1.54. The van der Waals surface area contributed by atoms with Crippen LogP contribution in [0.2, 0.25) is 0 Å². The van der Waals surface area contributed by atoms with Crippen LogP contribution in [-0.2, 0) is 0 Å². The second-order valence-corrected chi connectivity index (χ2v) is 4.60. The molecule has 0 aliphatic carbocycles. The average Bonchev–Trinajstić information content (AvgIpc) is 2.37. The van der Waals surface area contributed by atoms with Crippen molar-refractivity contribution in [3.63, 3.8) is 0 Å². The molecule has 0 saturated carbocycles. The van der Waals surface area contributed by atoms with Gasteiger partial charge in [0.25, 0.3) is 0 Å². The summed E-state index contributed by atoms with van der Waals surface area (Å²) in [5, 5.41) is -0.490. The number of halogens is 2. The monoisotopic (exact) mass is 264 g/mol. The maximum absolute atomic E-state index is 13.9. The third kappa shape index (κ3) is 2.65. The number of aryl methyl sites for hydroxylation is 1. The highest BCUT2D eigenvalue weighted by molar-refractivity contribution is 6.22. The average molecular weight is 265 g/mol. The molecule has 0 spiro atoms. The van der Waals surface area contributed by atoms with Crippen molar-refractivity contribution in [3.8, 4) is 5.75 Å². The van der Waals surface area contributed by atoms with Crippen LogP contribution in [0.25, 0.3) is 0 Å². The minimum atomic E-state index is -0.490. The van der Waals surface area contributed by atoms with Crippen molar-refractivity contribution in [1.82, 2.24) is 0 Å². The van der Waals surface area contributed by atoms with Crippen LogP contribution < -0.4 is 4.74 Å². The van der Waals surface area contributed by atoms with Crippen LogP contribution in [0, 0.1) is 12.7 Å². The van der Waals surface area contributed by atoms with Crippen LogP contribution in [0.15, 0.2) is 42.5 Å². The van der Waals surface area contributed by atoms with E-state index in [1.165, 1.54) is 13.2 Å². The van der Waals surface area contributed by atoms with Gasteiger partial charge in [-0.15, -0.1) is 11.6 Å². The smallest absolute Gasteiger partial charge is 0.131 e. The maximum atomic E-state index is 13.9. The van der Waals surface area contributed by atoms with Gasteiger partial charge in [0, 0.05) is 11.6 Å². The van der Waals surface area contributed by atoms with Gasteiger partial charge in [-0.3, -0.25) is 0 Å². The molecule has 0 saturated heterocycles. The van der Waals surface area contributed by atoms with Crippen molar-refractivity contribution < 1.29 is 9.13 Å². The zero-order valence-corrected chi connectivity index (χ0v) is 11.0. The molecule has 0 aliphatic rings. The molecule has 0 aromatic heterocycles. The second-order valence-electron chi connectivity index (χ2n) is 4.16. The van der Waals surface area contributed by atoms with Crippen molar-refractivity contribution >= 4 is 11.6 Å². The molecule has 0 aliphatic heterocycles. The molecule has 94 valence electrons. The SMILES string of the molecule is COc1ccc(C(Cl)c2cccc(C)c2)c(F)c1.